The summed E-state index contributed by atoms with van der Waals surface area (Å²) in [7, 11) is 0. The normalized spacial score (nSPS) is 13.5. The Morgan fingerprint density at radius 1 is 1.64 bits per heavy atom. The monoisotopic (exact) mass is 175 g/mol. The maximum Gasteiger partial charge on any atom is 0.127 e. The molecule has 11 heavy (non-hydrogen) atoms. The van der Waals surface area contributed by atoms with Gasteiger partial charge in [0.05, 0.1) is 0 Å². The first-order valence-electron chi connectivity index (χ1n) is 3.19. The zero-order valence-electron chi connectivity index (χ0n) is 6.69. The lowest BCUT2D eigenvalue weighted by molar-refractivity contribution is 0.580. The molecule has 0 atom stereocenters. The van der Waals surface area contributed by atoms with E-state index in [1.165, 1.54) is 0 Å². The molecular formula is C8H11ClFN. The number of rotatable bonds is 3. The number of aliphatic imine (C=N–C) groups is 1. The molecule has 0 aromatic rings. The van der Waals surface area contributed by atoms with Crippen molar-refractivity contribution >= 4 is 17.3 Å². The highest BCUT2D eigenvalue weighted by atomic mass is 35.5. The van der Waals surface area contributed by atoms with Crippen LogP contribution in [-0.4, -0.2) is 12.4 Å². The lowest BCUT2D eigenvalue weighted by Gasteiger charge is -1.93. The van der Waals surface area contributed by atoms with Gasteiger partial charge in [0.1, 0.15) is 6.67 Å². The van der Waals surface area contributed by atoms with Gasteiger partial charge >= 0.3 is 0 Å². The fourth-order valence-corrected chi connectivity index (χ4v) is 0.748. The standard InChI is InChI=1S/C8H11ClFN/c1-6(9)4-7(2)11-8(3)5-10/h4H,1,5H2,2-3H3/b7-4+,11-8-. The Bertz CT molecular complexity index is 206. The van der Waals surface area contributed by atoms with Crippen LogP contribution in [0.15, 0.2) is 28.4 Å². The molecule has 0 rings (SSSR count). The average molecular weight is 176 g/mol. The average Bonchev–Trinajstić information content (AvgIpc) is 1.85. The van der Waals surface area contributed by atoms with E-state index in [0.29, 0.717) is 16.4 Å². The smallest absolute Gasteiger partial charge is 0.127 e. The molecule has 3 heteroatoms. The topological polar surface area (TPSA) is 12.4 Å². The summed E-state index contributed by atoms with van der Waals surface area (Å²) in [6.07, 6.45) is 1.58. The largest absolute Gasteiger partial charge is 0.260 e. The summed E-state index contributed by atoms with van der Waals surface area (Å²) in [5.74, 6) is 0. The first-order chi connectivity index (χ1) is 5.06. The molecule has 0 aromatic heterocycles. The fraction of sp³-hybridized carbons (Fsp3) is 0.375. The number of hydrogen-bond donors (Lipinski definition) is 0. The third-order valence-electron chi connectivity index (χ3n) is 0.926. The second-order valence-electron chi connectivity index (χ2n) is 2.21. The highest BCUT2D eigenvalue weighted by Crippen LogP contribution is 2.05. The summed E-state index contributed by atoms with van der Waals surface area (Å²) in [5.41, 5.74) is 1.11. The molecule has 1 nitrogen and oxygen atoms in total. The van der Waals surface area contributed by atoms with Gasteiger partial charge in [0.25, 0.3) is 0 Å². The summed E-state index contributed by atoms with van der Waals surface area (Å²) in [6, 6.07) is 0. The van der Waals surface area contributed by atoms with Crippen LogP contribution in [0.25, 0.3) is 0 Å². The van der Waals surface area contributed by atoms with Gasteiger partial charge in [-0.05, 0) is 19.9 Å². The van der Waals surface area contributed by atoms with Gasteiger partial charge in [0, 0.05) is 16.4 Å². The minimum absolute atomic E-state index is 0.401. The van der Waals surface area contributed by atoms with Crippen LogP contribution in [0.2, 0.25) is 0 Å². The van der Waals surface area contributed by atoms with Crippen LogP contribution in [0, 0.1) is 0 Å². The van der Waals surface area contributed by atoms with Crippen molar-refractivity contribution in [3.05, 3.63) is 23.4 Å². The van der Waals surface area contributed by atoms with Gasteiger partial charge in [0.2, 0.25) is 0 Å². The molecule has 0 heterocycles. The van der Waals surface area contributed by atoms with E-state index >= 15 is 0 Å². The van der Waals surface area contributed by atoms with Crippen molar-refractivity contribution in [1.29, 1.82) is 0 Å². The minimum atomic E-state index is -0.528. The summed E-state index contributed by atoms with van der Waals surface area (Å²) >= 11 is 5.47. The first-order valence-corrected chi connectivity index (χ1v) is 3.57. The second kappa shape index (κ2) is 5.08. The fourth-order valence-electron chi connectivity index (χ4n) is 0.590. The number of nitrogens with zero attached hydrogens (tertiary/aromatic N) is 1. The zero-order valence-corrected chi connectivity index (χ0v) is 7.45. The Labute approximate surface area is 71.3 Å². The molecule has 0 bridgehead atoms. The molecule has 0 N–H and O–H groups in total. The SMILES string of the molecule is C=C(Cl)/C=C(C)/N=C(/C)CF. The van der Waals surface area contributed by atoms with E-state index in [0.717, 1.165) is 0 Å². The lowest BCUT2D eigenvalue weighted by Crippen LogP contribution is -1.92. The van der Waals surface area contributed by atoms with Crippen molar-refractivity contribution in [1.82, 2.24) is 0 Å². The lowest BCUT2D eigenvalue weighted by atomic mass is 10.4. The number of alkyl halides is 1. The van der Waals surface area contributed by atoms with Gasteiger partial charge in [-0.15, -0.1) is 0 Å². The quantitative estimate of drug-likeness (QED) is 0.462. The van der Waals surface area contributed by atoms with E-state index < -0.39 is 6.67 Å². The molecule has 62 valence electrons. The number of halogens is 2. The molecule has 0 unspecified atom stereocenters. The Balaban J connectivity index is 4.26. The van der Waals surface area contributed by atoms with Crippen LogP contribution in [0.5, 0.6) is 0 Å². The van der Waals surface area contributed by atoms with Crippen molar-refractivity contribution < 1.29 is 4.39 Å². The van der Waals surface area contributed by atoms with Gasteiger partial charge in [0.15, 0.2) is 0 Å². The van der Waals surface area contributed by atoms with Gasteiger partial charge in [-0.3, -0.25) is 4.99 Å². The molecule has 0 spiro atoms. The number of hydrogen-bond acceptors (Lipinski definition) is 1. The van der Waals surface area contributed by atoms with E-state index in [2.05, 4.69) is 11.6 Å². The highest BCUT2D eigenvalue weighted by molar-refractivity contribution is 6.30. The van der Waals surface area contributed by atoms with Crippen molar-refractivity contribution in [2.24, 2.45) is 4.99 Å². The third kappa shape index (κ3) is 5.80. The van der Waals surface area contributed by atoms with Crippen LogP contribution in [0.1, 0.15) is 13.8 Å². The molecule has 0 radical (unpaired) electrons. The molecule has 0 saturated carbocycles. The summed E-state index contributed by atoms with van der Waals surface area (Å²) < 4.78 is 11.9. The molecular weight excluding hydrogens is 165 g/mol. The van der Waals surface area contributed by atoms with Crippen molar-refractivity contribution in [2.45, 2.75) is 13.8 Å². The molecule has 0 amide bonds. The maximum atomic E-state index is 11.9. The van der Waals surface area contributed by atoms with Gasteiger partial charge in [-0.1, -0.05) is 18.2 Å². The molecule has 0 aliphatic heterocycles. The van der Waals surface area contributed by atoms with Crippen LogP contribution in [0.3, 0.4) is 0 Å². The first kappa shape index (κ1) is 10.4. The maximum absolute atomic E-state index is 11.9. The Morgan fingerprint density at radius 3 is 2.55 bits per heavy atom. The van der Waals surface area contributed by atoms with E-state index in [4.69, 9.17) is 11.6 Å². The Morgan fingerprint density at radius 2 is 2.18 bits per heavy atom. The molecule has 0 aliphatic rings. The van der Waals surface area contributed by atoms with E-state index in [-0.39, 0.29) is 0 Å². The number of allylic oxidation sites excluding steroid dienone is 3. The summed E-state index contributed by atoms with van der Waals surface area (Å²) in [4.78, 5) is 3.89. The zero-order chi connectivity index (χ0) is 8.85. The van der Waals surface area contributed by atoms with E-state index in [9.17, 15) is 4.39 Å². The second-order valence-corrected chi connectivity index (χ2v) is 2.70. The highest BCUT2D eigenvalue weighted by Gasteiger charge is 1.89. The molecule has 0 aromatic carbocycles. The Kier molecular flexibility index (Phi) is 4.79. The van der Waals surface area contributed by atoms with Crippen molar-refractivity contribution in [2.75, 3.05) is 6.67 Å². The minimum Gasteiger partial charge on any atom is -0.260 e. The molecule has 0 fully saturated rings. The Hall–Kier alpha value is -0.630. The van der Waals surface area contributed by atoms with Gasteiger partial charge in [-0.2, -0.15) is 0 Å². The van der Waals surface area contributed by atoms with E-state index in [1.54, 1.807) is 19.9 Å². The van der Waals surface area contributed by atoms with Gasteiger partial charge < -0.3 is 0 Å². The molecule has 0 saturated heterocycles. The van der Waals surface area contributed by atoms with Crippen LogP contribution < -0.4 is 0 Å². The van der Waals surface area contributed by atoms with Crippen LogP contribution >= 0.6 is 11.6 Å². The molecule has 0 aliphatic carbocycles. The predicted octanol–water partition coefficient (Wildman–Crippen LogP) is 3.07. The third-order valence-corrected chi connectivity index (χ3v) is 1.04. The predicted molar refractivity (Wildman–Crippen MR) is 47.8 cm³/mol. The summed E-state index contributed by atoms with van der Waals surface area (Å²) in [5, 5.41) is 0.401. The van der Waals surface area contributed by atoms with Gasteiger partial charge in [-0.25, -0.2) is 4.39 Å². The summed E-state index contributed by atoms with van der Waals surface area (Å²) in [6.45, 7) is 6.29. The van der Waals surface area contributed by atoms with Crippen molar-refractivity contribution in [3.63, 3.8) is 0 Å². The van der Waals surface area contributed by atoms with Crippen LogP contribution in [-0.2, 0) is 0 Å². The van der Waals surface area contributed by atoms with Crippen molar-refractivity contribution in [3.8, 4) is 0 Å². The van der Waals surface area contributed by atoms with E-state index in [1.807, 2.05) is 0 Å². The van der Waals surface area contributed by atoms with Crippen LogP contribution in [0.4, 0.5) is 4.39 Å².